The molecule has 0 atom stereocenters. The van der Waals surface area contributed by atoms with Crippen molar-refractivity contribution in [1.82, 2.24) is 4.37 Å². The molecule has 0 unspecified atom stereocenters. The van der Waals surface area contributed by atoms with E-state index >= 15 is 0 Å². The standard InChI is InChI=1S/C7H5Cl2NO2S/c8-4-5(10-13-6(4)9)7(11)12-3-1-2-3/h3H,1-2H2. The van der Waals surface area contributed by atoms with E-state index in [4.69, 9.17) is 27.9 Å². The lowest BCUT2D eigenvalue weighted by Gasteiger charge is -1.98. The summed E-state index contributed by atoms with van der Waals surface area (Å²) in [6.07, 6.45) is 1.92. The van der Waals surface area contributed by atoms with Crippen molar-refractivity contribution in [2.75, 3.05) is 0 Å². The van der Waals surface area contributed by atoms with Gasteiger partial charge in [0.05, 0.1) is 0 Å². The van der Waals surface area contributed by atoms with Crippen LogP contribution in [-0.4, -0.2) is 16.4 Å². The third kappa shape index (κ3) is 1.95. The maximum Gasteiger partial charge on any atom is 0.359 e. The minimum absolute atomic E-state index is 0.0593. The Bertz CT molecular complexity index is 348. The number of halogens is 2. The first-order valence-electron chi connectivity index (χ1n) is 3.70. The number of carbonyl (C=O) groups excluding carboxylic acids is 1. The Morgan fingerprint density at radius 1 is 1.54 bits per heavy atom. The summed E-state index contributed by atoms with van der Waals surface area (Å²) in [5, 5.41) is 0.192. The molecule has 1 aliphatic rings. The van der Waals surface area contributed by atoms with Crippen molar-refractivity contribution in [1.29, 1.82) is 0 Å². The highest BCUT2D eigenvalue weighted by atomic mass is 35.5. The van der Waals surface area contributed by atoms with Crippen LogP contribution in [0.4, 0.5) is 0 Å². The Hall–Kier alpha value is -0.320. The molecule has 1 aromatic rings. The van der Waals surface area contributed by atoms with Gasteiger partial charge in [0, 0.05) is 0 Å². The first kappa shape index (κ1) is 9.24. The summed E-state index contributed by atoms with van der Waals surface area (Å²) in [7, 11) is 0. The summed E-state index contributed by atoms with van der Waals surface area (Å²) >= 11 is 12.4. The summed E-state index contributed by atoms with van der Waals surface area (Å²) in [5.74, 6) is -0.476. The molecule has 2 rings (SSSR count). The Morgan fingerprint density at radius 3 is 2.69 bits per heavy atom. The largest absolute Gasteiger partial charge is 0.458 e. The SMILES string of the molecule is O=C(OC1CC1)c1nsc(Cl)c1Cl. The normalized spacial score (nSPS) is 15.8. The van der Waals surface area contributed by atoms with E-state index in [1.165, 1.54) is 0 Å². The van der Waals surface area contributed by atoms with Gasteiger partial charge in [-0.2, -0.15) is 4.37 Å². The summed E-state index contributed by atoms with van der Waals surface area (Å²) in [5.41, 5.74) is 0.128. The number of carbonyl (C=O) groups is 1. The van der Waals surface area contributed by atoms with Crippen LogP contribution in [-0.2, 0) is 4.74 Å². The molecule has 0 aliphatic heterocycles. The Labute approximate surface area is 88.8 Å². The van der Waals surface area contributed by atoms with Crippen LogP contribution < -0.4 is 0 Å². The molecule has 0 radical (unpaired) electrons. The molecular weight excluding hydrogens is 233 g/mol. The molecule has 1 fully saturated rings. The third-order valence-electron chi connectivity index (χ3n) is 1.59. The molecule has 6 heteroatoms. The fourth-order valence-electron chi connectivity index (χ4n) is 0.779. The van der Waals surface area contributed by atoms with Crippen molar-refractivity contribution >= 4 is 40.7 Å². The van der Waals surface area contributed by atoms with Crippen LogP contribution in [0.2, 0.25) is 9.36 Å². The Morgan fingerprint density at radius 2 is 2.23 bits per heavy atom. The van der Waals surface area contributed by atoms with E-state index in [0.717, 1.165) is 24.4 Å². The molecule has 1 saturated carbocycles. The van der Waals surface area contributed by atoms with Crippen LogP contribution in [0.5, 0.6) is 0 Å². The maximum absolute atomic E-state index is 11.3. The number of aromatic nitrogens is 1. The molecule has 13 heavy (non-hydrogen) atoms. The topological polar surface area (TPSA) is 39.2 Å². The molecule has 0 spiro atoms. The molecular formula is C7H5Cl2NO2S. The summed E-state index contributed by atoms with van der Waals surface area (Å²) in [4.78, 5) is 11.3. The van der Waals surface area contributed by atoms with Crippen LogP contribution in [0.15, 0.2) is 0 Å². The van der Waals surface area contributed by atoms with Gasteiger partial charge in [-0.1, -0.05) is 23.2 Å². The van der Waals surface area contributed by atoms with E-state index in [1.807, 2.05) is 0 Å². The van der Waals surface area contributed by atoms with E-state index < -0.39 is 5.97 Å². The second-order valence-corrected chi connectivity index (χ2v) is 4.48. The zero-order chi connectivity index (χ0) is 9.42. The fraction of sp³-hybridized carbons (Fsp3) is 0.429. The quantitative estimate of drug-likeness (QED) is 0.743. The number of nitrogens with zero attached hydrogens (tertiary/aromatic N) is 1. The molecule has 0 saturated heterocycles. The number of rotatable bonds is 2. The maximum atomic E-state index is 11.3. The first-order valence-corrected chi connectivity index (χ1v) is 5.23. The van der Waals surface area contributed by atoms with Crippen molar-refractivity contribution in [3.05, 3.63) is 15.1 Å². The molecule has 3 nitrogen and oxygen atoms in total. The van der Waals surface area contributed by atoms with Crippen LogP contribution >= 0.6 is 34.7 Å². The van der Waals surface area contributed by atoms with Gasteiger partial charge in [0.2, 0.25) is 0 Å². The van der Waals surface area contributed by atoms with Crippen molar-refractivity contribution < 1.29 is 9.53 Å². The second-order valence-electron chi connectivity index (χ2n) is 2.72. The summed E-state index contributed by atoms with van der Waals surface area (Å²) in [6, 6.07) is 0. The second kappa shape index (κ2) is 3.44. The molecule has 70 valence electrons. The zero-order valence-electron chi connectivity index (χ0n) is 6.42. The molecule has 0 N–H and O–H groups in total. The summed E-state index contributed by atoms with van der Waals surface area (Å²) < 4.78 is 9.13. The lowest BCUT2D eigenvalue weighted by atomic mass is 10.4. The average molecular weight is 238 g/mol. The van der Waals surface area contributed by atoms with Gasteiger partial charge in [0.25, 0.3) is 0 Å². The van der Waals surface area contributed by atoms with Gasteiger partial charge in [0.15, 0.2) is 5.69 Å². The van der Waals surface area contributed by atoms with Crippen LogP contribution in [0.25, 0.3) is 0 Å². The number of hydrogen-bond acceptors (Lipinski definition) is 4. The van der Waals surface area contributed by atoms with Gasteiger partial charge in [-0.15, -0.1) is 0 Å². The van der Waals surface area contributed by atoms with Gasteiger partial charge in [-0.3, -0.25) is 0 Å². The molecule has 0 aromatic carbocycles. The van der Waals surface area contributed by atoms with E-state index in [1.54, 1.807) is 0 Å². The predicted octanol–water partition coefficient (Wildman–Crippen LogP) is 2.77. The van der Waals surface area contributed by atoms with Crippen molar-refractivity contribution in [2.45, 2.75) is 18.9 Å². The van der Waals surface area contributed by atoms with Gasteiger partial charge < -0.3 is 4.74 Å². The molecule has 1 aliphatic carbocycles. The van der Waals surface area contributed by atoms with Gasteiger partial charge in [-0.05, 0) is 24.4 Å². The molecule has 1 heterocycles. The van der Waals surface area contributed by atoms with Crippen molar-refractivity contribution in [3.63, 3.8) is 0 Å². The highest BCUT2D eigenvalue weighted by Crippen LogP contribution is 2.31. The lowest BCUT2D eigenvalue weighted by molar-refractivity contribution is 0.0467. The van der Waals surface area contributed by atoms with Crippen LogP contribution in [0.3, 0.4) is 0 Å². The van der Waals surface area contributed by atoms with E-state index in [-0.39, 0.29) is 16.8 Å². The van der Waals surface area contributed by atoms with E-state index in [0.29, 0.717) is 4.34 Å². The highest BCUT2D eigenvalue weighted by Gasteiger charge is 2.29. The third-order valence-corrected chi connectivity index (χ3v) is 3.20. The molecule has 1 aromatic heterocycles. The Kier molecular flexibility index (Phi) is 2.45. The minimum Gasteiger partial charge on any atom is -0.458 e. The zero-order valence-corrected chi connectivity index (χ0v) is 8.75. The lowest BCUT2D eigenvalue weighted by Crippen LogP contribution is -2.07. The predicted molar refractivity (Wildman–Crippen MR) is 50.6 cm³/mol. The fourth-order valence-corrected chi connectivity index (χ4v) is 1.76. The first-order chi connectivity index (χ1) is 6.18. The highest BCUT2D eigenvalue weighted by molar-refractivity contribution is 7.11. The average Bonchev–Trinajstić information content (AvgIpc) is 2.82. The smallest absolute Gasteiger partial charge is 0.359 e. The van der Waals surface area contributed by atoms with Crippen LogP contribution in [0.1, 0.15) is 23.3 Å². The van der Waals surface area contributed by atoms with Gasteiger partial charge in [0.1, 0.15) is 15.5 Å². The van der Waals surface area contributed by atoms with Gasteiger partial charge in [-0.25, -0.2) is 4.79 Å². The molecule has 0 amide bonds. The van der Waals surface area contributed by atoms with E-state index in [9.17, 15) is 4.79 Å². The van der Waals surface area contributed by atoms with Gasteiger partial charge >= 0.3 is 5.97 Å². The molecule has 0 bridgehead atoms. The van der Waals surface area contributed by atoms with Crippen molar-refractivity contribution in [3.8, 4) is 0 Å². The van der Waals surface area contributed by atoms with Crippen molar-refractivity contribution in [2.24, 2.45) is 0 Å². The minimum atomic E-state index is -0.476. The van der Waals surface area contributed by atoms with E-state index in [2.05, 4.69) is 4.37 Å². The summed E-state index contributed by atoms with van der Waals surface area (Å²) in [6.45, 7) is 0. The number of hydrogen-bond donors (Lipinski definition) is 0. The number of esters is 1. The monoisotopic (exact) mass is 237 g/mol. The Balaban J connectivity index is 2.14. The van der Waals surface area contributed by atoms with Crippen LogP contribution in [0, 0.1) is 0 Å². The number of ether oxygens (including phenoxy) is 1.